The Labute approximate surface area is 159 Å². The van der Waals surface area contributed by atoms with Gasteiger partial charge in [0.15, 0.2) is 0 Å². The summed E-state index contributed by atoms with van der Waals surface area (Å²) in [5.74, 6) is 1.04. The number of amides is 2. The van der Waals surface area contributed by atoms with Gasteiger partial charge in [0.2, 0.25) is 11.8 Å². The van der Waals surface area contributed by atoms with E-state index in [0.717, 1.165) is 38.5 Å². The summed E-state index contributed by atoms with van der Waals surface area (Å²) >= 11 is 0. The molecule has 1 aromatic rings. The van der Waals surface area contributed by atoms with Gasteiger partial charge in [-0.05, 0) is 38.5 Å². The minimum atomic E-state index is 0.0124. The van der Waals surface area contributed by atoms with Crippen molar-refractivity contribution >= 4 is 11.8 Å². The summed E-state index contributed by atoms with van der Waals surface area (Å²) in [7, 11) is 1.55. The number of carbonyl (C=O) groups excluding carboxylic acids is 2. The zero-order valence-corrected chi connectivity index (χ0v) is 16.0. The second kappa shape index (κ2) is 9.01. The Hall–Kier alpha value is -2.38. The SMILES string of the molecule is COc1nccnc1OC1CCC(NC(=O)C2CCN(C(C)=O)CC2)CC1. The summed E-state index contributed by atoms with van der Waals surface area (Å²) in [6.45, 7) is 2.93. The van der Waals surface area contributed by atoms with Crippen LogP contribution in [0.15, 0.2) is 12.4 Å². The summed E-state index contributed by atoms with van der Waals surface area (Å²) in [4.78, 5) is 34.0. The van der Waals surface area contributed by atoms with Crippen molar-refractivity contribution < 1.29 is 19.1 Å². The first kappa shape index (κ1) is 19.4. The van der Waals surface area contributed by atoms with Crippen LogP contribution < -0.4 is 14.8 Å². The standard InChI is InChI=1S/C19H28N4O4/c1-13(24)23-11-7-14(8-12-23)17(25)22-15-3-5-16(6-4-15)27-19-18(26-2)20-9-10-21-19/h9-10,14-16H,3-8,11-12H2,1-2H3,(H,22,25). The Bertz CT molecular complexity index is 653. The van der Waals surface area contributed by atoms with Gasteiger partial charge in [-0.3, -0.25) is 9.59 Å². The molecule has 2 amide bonds. The number of nitrogens with one attached hydrogen (secondary N) is 1. The minimum Gasteiger partial charge on any atom is -0.477 e. The molecule has 1 aliphatic heterocycles. The number of ether oxygens (including phenoxy) is 2. The van der Waals surface area contributed by atoms with Crippen LogP contribution in [0.1, 0.15) is 45.4 Å². The fraction of sp³-hybridized carbons (Fsp3) is 0.684. The van der Waals surface area contributed by atoms with Gasteiger partial charge in [0.1, 0.15) is 6.10 Å². The van der Waals surface area contributed by atoms with E-state index in [1.54, 1.807) is 26.4 Å². The molecule has 2 fully saturated rings. The van der Waals surface area contributed by atoms with Crippen LogP contribution in [0.25, 0.3) is 0 Å². The Morgan fingerprint density at radius 2 is 1.67 bits per heavy atom. The molecule has 0 atom stereocenters. The first-order valence-electron chi connectivity index (χ1n) is 9.64. The smallest absolute Gasteiger partial charge is 0.278 e. The van der Waals surface area contributed by atoms with Crippen molar-refractivity contribution in [1.29, 1.82) is 0 Å². The van der Waals surface area contributed by atoms with Gasteiger partial charge in [-0.1, -0.05) is 0 Å². The number of rotatable bonds is 5. The van der Waals surface area contributed by atoms with Crippen molar-refractivity contribution in [3.8, 4) is 11.8 Å². The Morgan fingerprint density at radius 1 is 1.04 bits per heavy atom. The Kier molecular flexibility index (Phi) is 6.47. The van der Waals surface area contributed by atoms with Crippen LogP contribution in [0, 0.1) is 5.92 Å². The van der Waals surface area contributed by atoms with Gasteiger partial charge in [0.05, 0.1) is 7.11 Å². The molecule has 148 valence electrons. The highest BCUT2D eigenvalue weighted by Crippen LogP contribution is 2.27. The van der Waals surface area contributed by atoms with E-state index in [9.17, 15) is 9.59 Å². The lowest BCUT2D eigenvalue weighted by Gasteiger charge is -2.33. The average molecular weight is 376 g/mol. The number of methoxy groups -OCH3 is 1. The second-order valence-electron chi connectivity index (χ2n) is 7.25. The van der Waals surface area contributed by atoms with Crippen molar-refractivity contribution in [2.24, 2.45) is 5.92 Å². The number of carbonyl (C=O) groups is 2. The van der Waals surface area contributed by atoms with E-state index in [-0.39, 0.29) is 29.9 Å². The molecule has 1 saturated heterocycles. The largest absolute Gasteiger partial charge is 0.477 e. The van der Waals surface area contributed by atoms with Gasteiger partial charge in [-0.25, -0.2) is 9.97 Å². The number of hydrogen-bond donors (Lipinski definition) is 1. The zero-order valence-electron chi connectivity index (χ0n) is 16.0. The van der Waals surface area contributed by atoms with Gasteiger partial charge < -0.3 is 19.7 Å². The van der Waals surface area contributed by atoms with E-state index in [0.29, 0.717) is 24.8 Å². The third-order valence-corrected chi connectivity index (χ3v) is 5.44. The van der Waals surface area contributed by atoms with E-state index >= 15 is 0 Å². The number of hydrogen-bond acceptors (Lipinski definition) is 6. The Morgan fingerprint density at radius 3 is 2.26 bits per heavy atom. The molecule has 3 rings (SSSR count). The topological polar surface area (TPSA) is 93.7 Å². The summed E-state index contributed by atoms with van der Waals surface area (Å²) in [5.41, 5.74) is 0. The van der Waals surface area contributed by atoms with Crippen LogP contribution in [-0.4, -0.2) is 59.0 Å². The van der Waals surface area contributed by atoms with Gasteiger partial charge in [-0.2, -0.15) is 0 Å². The molecule has 0 radical (unpaired) electrons. The van der Waals surface area contributed by atoms with Gasteiger partial charge in [0, 0.05) is 44.4 Å². The third kappa shape index (κ3) is 5.08. The lowest BCUT2D eigenvalue weighted by molar-refractivity contribution is -0.134. The van der Waals surface area contributed by atoms with Crippen molar-refractivity contribution in [2.75, 3.05) is 20.2 Å². The van der Waals surface area contributed by atoms with E-state index < -0.39 is 0 Å². The highest BCUT2D eigenvalue weighted by Gasteiger charge is 2.29. The van der Waals surface area contributed by atoms with E-state index in [4.69, 9.17) is 9.47 Å². The molecule has 1 saturated carbocycles. The van der Waals surface area contributed by atoms with Gasteiger partial charge in [0.25, 0.3) is 11.8 Å². The fourth-order valence-corrected chi connectivity index (χ4v) is 3.79. The normalized spacial score (nSPS) is 23.6. The van der Waals surface area contributed by atoms with Crippen LogP contribution in [-0.2, 0) is 9.59 Å². The number of aromatic nitrogens is 2. The average Bonchev–Trinajstić information content (AvgIpc) is 2.70. The molecule has 0 spiro atoms. The molecule has 1 aliphatic carbocycles. The highest BCUT2D eigenvalue weighted by molar-refractivity contribution is 5.79. The second-order valence-corrected chi connectivity index (χ2v) is 7.25. The van der Waals surface area contributed by atoms with Gasteiger partial charge >= 0.3 is 0 Å². The van der Waals surface area contributed by atoms with Crippen molar-refractivity contribution in [3.05, 3.63) is 12.4 Å². The van der Waals surface area contributed by atoms with Crippen molar-refractivity contribution in [2.45, 2.75) is 57.6 Å². The lowest BCUT2D eigenvalue weighted by atomic mass is 9.91. The molecular weight excluding hydrogens is 348 g/mol. The fourth-order valence-electron chi connectivity index (χ4n) is 3.79. The number of piperidine rings is 1. The van der Waals surface area contributed by atoms with Crippen LogP contribution >= 0.6 is 0 Å². The number of likely N-dealkylation sites (tertiary alicyclic amines) is 1. The minimum absolute atomic E-state index is 0.0124. The summed E-state index contributed by atoms with van der Waals surface area (Å²) in [6, 6.07) is 0.187. The molecule has 2 aliphatic rings. The van der Waals surface area contributed by atoms with Crippen molar-refractivity contribution in [1.82, 2.24) is 20.2 Å². The molecule has 27 heavy (non-hydrogen) atoms. The molecule has 8 heteroatoms. The zero-order chi connectivity index (χ0) is 19.2. The van der Waals surface area contributed by atoms with Crippen LogP contribution in [0.2, 0.25) is 0 Å². The molecule has 0 bridgehead atoms. The maximum absolute atomic E-state index is 12.5. The molecular formula is C19H28N4O4. The maximum atomic E-state index is 12.5. The van der Waals surface area contributed by atoms with E-state index in [1.165, 1.54) is 0 Å². The van der Waals surface area contributed by atoms with Crippen LogP contribution in [0.3, 0.4) is 0 Å². The predicted molar refractivity (Wildman–Crippen MR) is 98.4 cm³/mol. The maximum Gasteiger partial charge on any atom is 0.278 e. The Balaban J connectivity index is 1.42. The van der Waals surface area contributed by atoms with E-state index in [2.05, 4.69) is 15.3 Å². The molecule has 2 heterocycles. The molecule has 1 aromatic heterocycles. The third-order valence-electron chi connectivity index (χ3n) is 5.44. The van der Waals surface area contributed by atoms with Crippen LogP contribution in [0.4, 0.5) is 0 Å². The first-order chi connectivity index (χ1) is 13.1. The molecule has 0 aromatic carbocycles. The lowest BCUT2D eigenvalue weighted by Crippen LogP contribution is -2.46. The summed E-state index contributed by atoms with van der Waals surface area (Å²) < 4.78 is 11.1. The monoisotopic (exact) mass is 376 g/mol. The number of nitrogens with zero attached hydrogens (tertiary/aromatic N) is 3. The van der Waals surface area contributed by atoms with Crippen LogP contribution in [0.5, 0.6) is 11.8 Å². The first-order valence-corrected chi connectivity index (χ1v) is 9.64. The summed E-state index contributed by atoms with van der Waals surface area (Å²) in [6.07, 6.45) is 8.17. The van der Waals surface area contributed by atoms with E-state index in [1.807, 2.05) is 4.90 Å². The highest BCUT2D eigenvalue weighted by atomic mass is 16.5. The molecule has 0 unspecified atom stereocenters. The van der Waals surface area contributed by atoms with Crippen molar-refractivity contribution in [3.63, 3.8) is 0 Å². The van der Waals surface area contributed by atoms with Gasteiger partial charge in [-0.15, -0.1) is 0 Å². The molecule has 1 N–H and O–H groups in total. The quantitative estimate of drug-likeness (QED) is 0.838. The predicted octanol–water partition coefficient (Wildman–Crippen LogP) is 1.55. The summed E-state index contributed by atoms with van der Waals surface area (Å²) in [5, 5.41) is 3.19. The molecule has 8 nitrogen and oxygen atoms in total.